The van der Waals surface area contributed by atoms with Crippen LogP contribution >= 0.6 is 11.8 Å². The van der Waals surface area contributed by atoms with Crippen LogP contribution in [-0.4, -0.2) is 58.9 Å². The van der Waals surface area contributed by atoms with Crippen LogP contribution in [0, 0.1) is 0 Å². The third-order valence-corrected chi connectivity index (χ3v) is 9.18. The average Bonchev–Trinajstić information content (AvgIpc) is 2.55. The summed E-state index contributed by atoms with van der Waals surface area (Å²) in [6.07, 6.45) is 0.654. The summed E-state index contributed by atoms with van der Waals surface area (Å²) in [5.41, 5.74) is 0.823. The predicted molar refractivity (Wildman–Crippen MR) is 109 cm³/mol. The summed E-state index contributed by atoms with van der Waals surface area (Å²) < 4.78 is 49.4. The monoisotopic (exact) mass is 422 g/mol. The second-order valence-electron chi connectivity index (χ2n) is 6.96. The minimum Gasteiger partial charge on any atom is -0.373 e. The molecule has 150 valence electrons. The van der Waals surface area contributed by atoms with Crippen molar-refractivity contribution in [3.63, 3.8) is 0 Å². The van der Waals surface area contributed by atoms with E-state index >= 15 is 0 Å². The van der Waals surface area contributed by atoms with Crippen molar-refractivity contribution >= 4 is 35.9 Å². The van der Waals surface area contributed by atoms with Gasteiger partial charge < -0.3 is 13.3 Å². The molecule has 1 atom stereocenters. The SMILES string of the molecule is CO[Si](OC)(OC)c1ccc(CC(CCSC(C)(C)C)S(=O)(=O)O)cc1. The lowest BCUT2D eigenvalue weighted by molar-refractivity contribution is 0.140. The molecule has 0 aromatic heterocycles. The summed E-state index contributed by atoms with van der Waals surface area (Å²) in [4.78, 5) is 0. The lowest BCUT2D eigenvalue weighted by Crippen LogP contribution is -2.54. The topological polar surface area (TPSA) is 82.1 Å². The Balaban J connectivity index is 2.89. The van der Waals surface area contributed by atoms with Crippen molar-refractivity contribution in [1.82, 2.24) is 0 Å². The van der Waals surface area contributed by atoms with Crippen LogP contribution in [0.4, 0.5) is 0 Å². The molecule has 0 saturated heterocycles. The zero-order valence-electron chi connectivity index (χ0n) is 16.3. The van der Waals surface area contributed by atoms with E-state index in [4.69, 9.17) is 13.3 Å². The first-order chi connectivity index (χ1) is 12.0. The molecule has 0 saturated carbocycles. The van der Waals surface area contributed by atoms with Crippen LogP contribution < -0.4 is 5.19 Å². The third kappa shape index (κ3) is 6.95. The zero-order chi connectivity index (χ0) is 20.0. The fourth-order valence-electron chi connectivity index (χ4n) is 2.56. The Bertz CT molecular complexity index is 643. The Kier molecular flexibility index (Phi) is 8.79. The van der Waals surface area contributed by atoms with Gasteiger partial charge in [0.15, 0.2) is 0 Å². The Morgan fingerprint density at radius 3 is 1.96 bits per heavy atom. The maximum absolute atomic E-state index is 11.7. The van der Waals surface area contributed by atoms with Gasteiger partial charge in [-0.15, -0.1) is 0 Å². The molecule has 0 heterocycles. The predicted octanol–water partition coefficient (Wildman–Crippen LogP) is 2.49. The van der Waals surface area contributed by atoms with Gasteiger partial charge in [-0.25, -0.2) is 0 Å². The van der Waals surface area contributed by atoms with Crippen LogP contribution in [-0.2, 0) is 29.8 Å². The molecule has 0 spiro atoms. The minimum atomic E-state index is -4.11. The summed E-state index contributed by atoms with van der Waals surface area (Å²) in [6.45, 7) is 6.24. The highest BCUT2D eigenvalue weighted by atomic mass is 32.2. The Morgan fingerprint density at radius 2 is 1.58 bits per heavy atom. The Labute approximate surface area is 162 Å². The summed E-state index contributed by atoms with van der Waals surface area (Å²) in [7, 11) is -2.41. The second kappa shape index (κ2) is 9.68. The maximum atomic E-state index is 11.7. The first-order valence-corrected chi connectivity index (χ1v) is 12.5. The fourth-order valence-corrected chi connectivity index (χ4v) is 6.33. The molecule has 1 aromatic carbocycles. The van der Waals surface area contributed by atoms with Gasteiger partial charge in [0.2, 0.25) is 0 Å². The van der Waals surface area contributed by atoms with E-state index in [2.05, 4.69) is 20.8 Å². The fraction of sp³-hybridized carbons (Fsp3) is 0.647. The molecule has 26 heavy (non-hydrogen) atoms. The first kappa shape index (κ1) is 23.6. The zero-order valence-corrected chi connectivity index (χ0v) is 18.9. The molecule has 1 unspecified atom stereocenters. The summed E-state index contributed by atoms with van der Waals surface area (Å²) in [6, 6.07) is 7.29. The molecule has 1 N–H and O–H groups in total. The lowest BCUT2D eigenvalue weighted by Gasteiger charge is -2.24. The van der Waals surface area contributed by atoms with Crippen molar-refractivity contribution < 1.29 is 26.2 Å². The van der Waals surface area contributed by atoms with Crippen LogP contribution in [0.3, 0.4) is 0 Å². The van der Waals surface area contributed by atoms with Gasteiger partial charge >= 0.3 is 8.80 Å². The first-order valence-electron chi connectivity index (χ1n) is 8.32. The van der Waals surface area contributed by atoms with Crippen LogP contribution in [0.2, 0.25) is 0 Å². The van der Waals surface area contributed by atoms with Gasteiger partial charge in [-0.05, 0) is 24.2 Å². The van der Waals surface area contributed by atoms with Crippen LogP contribution in [0.5, 0.6) is 0 Å². The summed E-state index contributed by atoms with van der Waals surface area (Å²) >= 11 is 1.68. The lowest BCUT2D eigenvalue weighted by atomic mass is 10.1. The van der Waals surface area contributed by atoms with E-state index in [1.807, 2.05) is 24.3 Å². The number of hydrogen-bond donors (Lipinski definition) is 1. The van der Waals surface area contributed by atoms with Crippen molar-refractivity contribution in [3.8, 4) is 0 Å². The molecular formula is C17H30O6S2Si. The van der Waals surface area contributed by atoms with Crippen LogP contribution in [0.15, 0.2) is 24.3 Å². The molecule has 6 nitrogen and oxygen atoms in total. The van der Waals surface area contributed by atoms with Gasteiger partial charge in [-0.3, -0.25) is 4.55 Å². The quantitative estimate of drug-likeness (QED) is 0.458. The number of rotatable bonds is 10. The van der Waals surface area contributed by atoms with Gasteiger partial charge in [0, 0.05) is 31.3 Å². The van der Waals surface area contributed by atoms with Crippen LogP contribution in [0.1, 0.15) is 32.8 Å². The van der Waals surface area contributed by atoms with E-state index in [0.29, 0.717) is 12.2 Å². The van der Waals surface area contributed by atoms with E-state index in [1.165, 1.54) is 21.3 Å². The average molecular weight is 423 g/mol. The highest BCUT2D eigenvalue weighted by molar-refractivity contribution is 8.00. The molecule has 0 fully saturated rings. The molecule has 1 aromatic rings. The van der Waals surface area contributed by atoms with E-state index in [1.54, 1.807) is 11.8 Å². The number of hydrogen-bond acceptors (Lipinski definition) is 6. The van der Waals surface area contributed by atoms with Crippen molar-refractivity contribution in [3.05, 3.63) is 29.8 Å². The number of benzene rings is 1. The molecule has 0 radical (unpaired) electrons. The highest BCUT2D eigenvalue weighted by Gasteiger charge is 2.40. The Morgan fingerprint density at radius 1 is 1.08 bits per heavy atom. The maximum Gasteiger partial charge on any atom is 0.536 e. The summed E-state index contributed by atoms with van der Waals surface area (Å²) in [5.74, 6) is 0.666. The number of thioether (sulfide) groups is 1. The second-order valence-corrected chi connectivity index (χ2v) is 13.5. The molecule has 0 aliphatic rings. The van der Waals surface area contributed by atoms with Crippen molar-refractivity contribution in [2.24, 2.45) is 0 Å². The minimum absolute atomic E-state index is 0.0554. The highest BCUT2D eigenvalue weighted by Crippen LogP contribution is 2.26. The summed E-state index contributed by atoms with van der Waals surface area (Å²) in [5, 5.41) is -0.0297. The van der Waals surface area contributed by atoms with Crippen LogP contribution in [0.25, 0.3) is 0 Å². The third-order valence-electron chi connectivity index (χ3n) is 3.97. The molecule has 0 bridgehead atoms. The van der Waals surface area contributed by atoms with Crippen molar-refractivity contribution in [2.45, 2.75) is 43.6 Å². The van der Waals surface area contributed by atoms with Crippen molar-refractivity contribution in [1.29, 1.82) is 0 Å². The van der Waals surface area contributed by atoms with E-state index in [-0.39, 0.29) is 11.2 Å². The van der Waals surface area contributed by atoms with Gasteiger partial charge in [-0.1, -0.05) is 45.0 Å². The standard InChI is InChI=1S/C17H30O6S2Si/c1-17(2,3)24-12-11-15(25(18,19)20)13-14-7-9-16(10-8-14)26(21-4,22-5)23-6/h7-10,15H,11-13H2,1-6H3,(H,18,19,20). The normalized spacial score (nSPS) is 14.4. The molecular weight excluding hydrogens is 392 g/mol. The molecule has 0 amide bonds. The Hall–Kier alpha value is -0.423. The van der Waals surface area contributed by atoms with Gasteiger partial charge in [0.25, 0.3) is 10.1 Å². The van der Waals surface area contributed by atoms with Gasteiger partial charge in [-0.2, -0.15) is 20.2 Å². The van der Waals surface area contributed by atoms with E-state index < -0.39 is 24.2 Å². The van der Waals surface area contributed by atoms with Gasteiger partial charge in [0.05, 0.1) is 5.25 Å². The largest absolute Gasteiger partial charge is 0.536 e. The van der Waals surface area contributed by atoms with Gasteiger partial charge in [0.1, 0.15) is 0 Å². The van der Waals surface area contributed by atoms with E-state index in [0.717, 1.165) is 10.8 Å². The molecule has 0 aliphatic carbocycles. The molecule has 9 heteroatoms. The smallest absolute Gasteiger partial charge is 0.373 e. The van der Waals surface area contributed by atoms with Crippen molar-refractivity contribution in [2.75, 3.05) is 27.1 Å². The molecule has 1 rings (SSSR count). The van der Waals surface area contributed by atoms with E-state index in [9.17, 15) is 13.0 Å². The molecule has 0 aliphatic heterocycles.